The maximum absolute atomic E-state index is 5.61. The van der Waals surface area contributed by atoms with Crippen LogP contribution in [0, 0.1) is 6.92 Å². The minimum atomic E-state index is 0.631. The zero-order valence-electron chi connectivity index (χ0n) is 18.1. The maximum Gasteiger partial charge on any atom is 0.164 e. The number of aryl methyl sites for hydroxylation is 1. The van der Waals surface area contributed by atoms with Crippen molar-refractivity contribution < 1.29 is 4.74 Å². The van der Waals surface area contributed by atoms with Crippen molar-refractivity contribution in [3.05, 3.63) is 82.5 Å². The van der Waals surface area contributed by atoms with E-state index in [9.17, 15) is 0 Å². The molecule has 0 spiro atoms. The summed E-state index contributed by atoms with van der Waals surface area (Å²) in [5.41, 5.74) is 3.87. The third kappa shape index (κ3) is 4.08. The summed E-state index contributed by atoms with van der Waals surface area (Å²) < 4.78 is 5.61. The molecule has 0 aliphatic heterocycles. The number of benzene rings is 2. The molecule has 0 unspecified atom stereocenters. The monoisotopic (exact) mass is 410 g/mol. The number of methoxy groups -OCH3 is 1. The third-order valence-corrected chi connectivity index (χ3v) is 5.20. The predicted molar refractivity (Wildman–Crippen MR) is 128 cm³/mol. The topological polar surface area (TPSA) is 62.8 Å². The first-order valence-corrected chi connectivity index (χ1v) is 10.3. The average molecular weight is 411 g/mol. The number of para-hydroxylation sites is 1. The van der Waals surface area contributed by atoms with Crippen molar-refractivity contribution in [1.29, 1.82) is 0 Å². The van der Waals surface area contributed by atoms with Gasteiger partial charge in [0.2, 0.25) is 0 Å². The van der Waals surface area contributed by atoms with E-state index in [2.05, 4.69) is 29.0 Å². The zero-order chi connectivity index (χ0) is 21.8. The van der Waals surface area contributed by atoms with Gasteiger partial charge in [-0.2, -0.15) is 0 Å². The van der Waals surface area contributed by atoms with Crippen LogP contribution in [-0.4, -0.2) is 22.1 Å². The molecule has 4 aromatic rings. The van der Waals surface area contributed by atoms with Gasteiger partial charge in [0.25, 0.3) is 0 Å². The van der Waals surface area contributed by atoms with Crippen LogP contribution in [0.2, 0.25) is 0 Å². The minimum absolute atomic E-state index is 0.631. The number of hydrogen-bond acceptors (Lipinski definition) is 4. The molecule has 2 heterocycles. The number of aromatic nitrogens is 3. The van der Waals surface area contributed by atoms with Gasteiger partial charge in [-0.05, 0) is 31.5 Å². The molecule has 4 rings (SSSR count). The van der Waals surface area contributed by atoms with Crippen molar-refractivity contribution in [2.75, 3.05) is 12.4 Å². The summed E-state index contributed by atoms with van der Waals surface area (Å²) in [4.78, 5) is 13.2. The van der Waals surface area contributed by atoms with Crippen molar-refractivity contribution >= 4 is 29.4 Å². The number of nitrogens with one attached hydrogen (secondary N) is 2. The first-order chi connectivity index (χ1) is 15.1. The number of nitrogens with zero attached hydrogens (tertiary/aromatic N) is 2. The van der Waals surface area contributed by atoms with Crippen LogP contribution in [0.5, 0.6) is 5.75 Å². The van der Waals surface area contributed by atoms with Gasteiger partial charge in [-0.3, -0.25) is 0 Å². The quantitative estimate of drug-likeness (QED) is 0.497. The van der Waals surface area contributed by atoms with Gasteiger partial charge in [0.1, 0.15) is 17.1 Å². The number of aromatic amines is 1. The summed E-state index contributed by atoms with van der Waals surface area (Å²) in [6.07, 6.45) is 6.02. The molecule has 0 atom stereocenters. The Kier molecular flexibility index (Phi) is 5.85. The van der Waals surface area contributed by atoms with Crippen LogP contribution in [-0.2, 0) is 6.54 Å². The lowest BCUT2D eigenvalue weighted by Crippen LogP contribution is -2.22. The van der Waals surface area contributed by atoms with E-state index in [0.29, 0.717) is 18.1 Å². The van der Waals surface area contributed by atoms with Gasteiger partial charge < -0.3 is 15.0 Å². The number of H-pyrrole nitrogens is 1. The highest BCUT2D eigenvalue weighted by molar-refractivity contribution is 5.94. The Morgan fingerprint density at radius 1 is 1.10 bits per heavy atom. The Morgan fingerprint density at radius 3 is 2.65 bits per heavy atom. The third-order valence-electron chi connectivity index (χ3n) is 5.20. The molecule has 0 amide bonds. The smallest absolute Gasteiger partial charge is 0.164 e. The first-order valence-electron chi connectivity index (χ1n) is 10.3. The molecule has 31 heavy (non-hydrogen) atoms. The van der Waals surface area contributed by atoms with Crippen LogP contribution in [0.25, 0.3) is 34.9 Å². The van der Waals surface area contributed by atoms with E-state index < -0.39 is 0 Å². The van der Waals surface area contributed by atoms with Gasteiger partial charge in [0.05, 0.1) is 7.11 Å². The van der Waals surface area contributed by atoms with Crippen LogP contribution in [0.1, 0.15) is 18.2 Å². The molecule has 0 radical (unpaired) electrons. The molecule has 5 nitrogen and oxygen atoms in total. The molecule has 2 aromatic carbocycles. The second-order valence-electron chi connectivity index (χ2n) is 7.30. The minimum Gasteiger partial charge on any atom is -0.494 e. The Bertz CT molecular complexity index is 1350. The molecule has 0 aliphatic carbocycles. The van der Waals surface area contributed by atoms with E-state index in [1.165, 1.54) is 5.56 Å². The number of anilines is 1. The number of ether oxygens (including phenoxy) is 1. The van der Waals surface area contributed by atoms with Crippen molar-refractivity contribution in [3.63, 3.8) is 0 Å². The fourth-order valence-corrected chi connectivity index (χ4v) is 3.69. The van der Waals surface area contributed by atoms with E-state index in [0.717, 1.165) is 38.5 Å². The molecular formula is C26H26N4O. The second kappa shape index (κ2) is 8.88. The molecule has 0 saturated carbocycles. The van der Waals surface area contributed by atoms with Gasteiger partial charge in [-0.25, -0.2) is 9.97 Å². The fourth-order valence-electron chi connectivity index (χ4n) is 3.69. The summed E-state index contributed by atoms with van der Waals surface area (Å²) in [5, 5.41) is 6.24. The number of fused-ring (bicyclic) bond motifs is 1. The summed E-state index contributed by atoms with van der Waals surface area (Å²) in [6.45, 7) is 8.82. The van der Waals surface area contributed by atoms with Crippen molar-refractivity contribution in [1.82, 2.24) is 15.0 Å². The van der Waals surface area contributed by atoms with Crippen LogP contribution in [0.3, 0.4) is 0 Å². The summed E-state index contributed by atoms with van der Waals surface area (Å²) >= 11 is 0. The molecule has 156 valence electrons. The molecule has 2 N–H and O–H groups in total. The van der Waals surface area contributed by atoms with E-state index in [-0.39, 0.29) is 0 Å². The summed E-state index contributed by atoms with van der Waals surface area (Å²) in [6, 6.07) is 16.2. The Balaban J connectivity index is 1.93. The van der Waals surface area contributed by atoms with Gasteiger partial charge in [-0.1, -0.05) is 61.2 Å². The van der Waals surface area contributed by atoms with Crippen LogP contribution in [0.4, 0.5) is 5.82 Å². The van der Waals surface area contributed by atoms with E-state index >= 15 is 0 Å². The van der Waals surface area contributed by atoms with Gasteiger partial charge in [-0.15, -0.1) is 0 Å². The number of rotatable bonds is 6. The van der Waals surface area contributed by atoms with Crippen LogP contribution in [0.15, 0.2) is 60.7 Å². The molecule has 0 fully saturated rings. The fraction of sp³-hybridized carbons (Fsp3) is 0.154. The standard InChI is InChI=1S/C26H26N4O/c1-5-6-13-20-17(2)28-18(3)23(20)26-29-24-21(14-10-15-22(24)31-4)25(30-26)27-16-19-11-8-7-9-12-19/h5-15,28H,2,16H2,1,3-4H3,(H,27,29,30)/b6-5-,20-13+. The van der Waals surface area contributed by atoms with E-state index in [4.69, 9.17) is 14.7 Å². The second-order valence-corrected chi connectivity index (χ2v) is 7.30. The number of allylic oxidation sites excluding steroid dienone is 2. The number of hydrogen-bond donors (Lipinski definition) is 2. The summed E-state index contributed by atoms with van der Waals surface area (Å²) in [7, 11) is 1.66. The zero-order valence-corrected chi connectivity index (χ0v) is 18.1. The molecular weight excluding hydrogens is 384 g/mol. The lowest BCUT2D eigenvalue weighted by molar-refractivity contribution is 0.419. The van der Waals surface area contributed by atoms with Crippen molar-refractivity contribution in [3.8, 4) is 17.1 Å². The molecule has 0 aliphatic rings. The lowest BCUT2D eigenvalue weighted by Gasteiger charge is -2.13. The molecule has 2 aromatic heterocycles. The lowest BCUT2D eigenvalue weighted by atomic mass is 10.1. The van der Waals surface area contributed by atoms with Crippen molar-refractivity contribution in [2.24, 2.45) is 0 Å². The largest absolute Gasteiger partial charge is 0.494 e. The normalized spacial score (nSPS) is 12.0. The van der Waals surface area contributed by atoms with Gasteiger partial charge >= 0.3 is 0 Å². The van der Waals surface area contributed by atoms with Gasteiger partial charge in [0, 0.05) is 33.8 Å². The molecule has 5 heteroatoms. The van der Waals surface area contributed by atoms with E-state index in [1.807, 2.05) is 68.5 Å². The van der Waals surface area contributed by atoms with Crippen LogP contribution >= 0.6 is 0 Å². The maximum atomic E-state index is 5.61. The molecule has 0 saturated heterocycles. The van der Waals surface area contributed by atoms with Gasteiger partial charge in [0.15, 0.2) is 5.82 Å². The Labute approximate surface area is 181 Å². The first kappa shape index (κ1) is 20.4. The summed E-state index contributed by atoms with van der Waals surface area (Å²) in [5.74, 6) is 2.11. The van der Waals surface area contributed by atoms with Crippen molar-refractivity contribution in [2.45, 2.75) is 20.4 Å². The Hall–Kier alpha value is -3.86. The molecule has 0 bridgehead atoms. The highest BCUT2D eigenvalue weighted by atomic mass is 16.5. The highest BCUT2D eigenvalue weighted by Gasteiger charge is 2.16. The average Bonchev–Trinajstić information content (AvgIpc) is 3.08. The Morgan fingerprint density at radius 2 is 1.90 bits per heavy atom. The van der Waals surface area contributed by atoms with Crippen LogP contribution < -0.4 is 20.6 Å². The van der Waals surface area contributed by atoms with E-state index in [1.54, 1.807) is 7.11 Å². The predicted octanol–water partition coefficient (Wildman–Crippen LogP) is 4.32. The SMILES string of the molecule is C=c1[nH]c(C)c(-c2nc(NCc3ccccc3)c3cccc(OC)c3n2)/c1=C/C=C\C. The highest BCUT2D eigenvalue weighted by Crippen LogP contribution is 2.30.